The molecule has 0 radical (unpaired) electrons. The summed E-state index contributed by atoms with van der Waals surface area (Å²) < 4.78 is 400. The van der Waals surface area contributed by atoms with Gasteiger partial charge in [0.25, 0.3) is 11.6 Å². The number of carbonyl (C=O) groups excluding carboxylic acids is 2. The molecular weight excluding hydrogens is 834 g/mol. The van der Waals surface area contributed by atoms with Crippen molar-refractivity contribution in [1.29, 1.82) is 0 Å². The Morgan fingerprint density at radius 2 is 0.510 bits per heavy atom. The third-order valence-corrected chi connectivity index (χ3v) is 5.46. The van der Waals surface area contributed by atoms with E-state index in [1.165, 1.54) is 0 Å². The van der Waals surface area contributed by atoms with Gasteiger partial charge in [0.1, 0.15) is 0 Å². The molecule has 300 valence electrons. The lowest BCUT2D eigenvalue weighted by molar-refractivity contribution is -0.356. The number of Topliss-reactive ketones (excluding diaryl/α,β-unsaturated/α-hetero) is 2. The highest BCUT2D eigenvalue weighted by atomic mass is 19.4. The summed E-state index contributed by atoms with van der Waals surface area (Å²) in [6.07, 6.45) is -45.0. The van der Waals surface area contributed by atoms with E-state index >= 15 is 0 Å². The molecule has 0 aliphatic heterocycles. The second kappa shape index (κ2) is 12.6. The van der Waals surface area contributed by atoms with Crippen LogP contribution in [0.15, 0.2) is 23.7 Å². The molecule has 0 saturated carbocycles. The minimum atomic E-state index is -9.03. The van der Waals surface area contributed by atoms with Crippen LogP contribution in [0.25, 0.3) is 0 Å². The Morgan fingerprint density at radius 3 is 0.647 bits per heavy atom. The first-order chi connectivity index (χ1) is 21.7. The highest BCUT2D eigenvalue weighted by molar-refractivity contribution is 5.97. The zero-order chi connectivity index (χ0) is 42.2. The topological polar surface area (TPSA) is 43.4 Å². The van der Waals surface area contributed by atoms with Crippen LogP contribution in [-0.2, 0) is 14.3 Å². The standard InChI is InChI=1S/C18F30O3/c19-3(20)1(9(25,26)7(23,15(37,38)39)5(49)11(29,30)13(33,34)17(43,44)45)51-2(4(21)22)10(27,28)8(24,16(40,41)42)6(50)12(31,32)14(35,36)18(46,47)48. The smallest absolute Gasteiger partial charge is 0.442 e. The van der Waals surface area contributed by atoms with Crippen LogP contribution in [0.4, 0.5) is 132 Å². The Kier molecular flexibility index (Phi) is 11.7. The molecule has 0 aromatic rings. The molecule has 2 unspecified atom stereocenters. The number of alkyl halides is 26. The van der Waals surface area contributed by atoms with E-state index in [4.69, 9.17) is 0 Å². The minimum absolute atomic E-state index is 1.68. The second-order valence-corrected chi connectivity index (χ2v) is 8.69. The maximum Gasteiger partial charge on any atom is 0.460 e. The van der Waals surface area contributed by atoms with Crippen molar-refractivity contribution in [2.75, 3.05) is 0 Å². The summed E-state index contributed by atoms with van der Waals surface area (Å²) in [6.45, 7) is 0. The average Bonchev–Trinajstić information content (AvgIpc) is 2.87. The Balaban J connectivity index is 8.12. The van der Waals surface area contributed by atoms with Crippen LogP contribution in [-0.4, -0.2) is 83.1 Å². The van der Waals surface area contributed by atoms with Gasteiger partial charge in [0.2, 0.25) is 11.5 Å². The maximum absolute atomic E-state index is 14.6. The van der Waals surface area contributed by atoms with Crippen molar-refractivity contribution in [2.24, 2.45) is 0 Å². The molecule has 0 aromatic carbocycles. The number of halogens is 30. The van der Waals surface area contributed by atoms with E-state index in [9.17, 15) is 141 Å². The summed E-state index contributed by atoms with van der Waals surface area (Å²) in [5.41, 5.74) is -18.1. The number of rotatable bonds is 12. The predicted octanol–water partition coefficient (Wildman–Crippen LogP) is 9.84. The van der Waals surface area contributed by atoms with Gasteiger partial charge >= 0.3 is 83.7 Å². The summed E-state index contributed by atoms with van der Waals surface area (Å²) in [4.78, 5) is 22.5. The zero-order valence-corrected chi connectivity index (χ0v) is 21.6. The fraction of sp³-hybridized carbons (Fsp3) is 0.667. The van der Waals surface area contributed by atoms with Gasteiger partial charge in [0.05, 0.1) is 0 Å². The summed E-state index contributed by atoms with van der Waals surface area (Å²) in [6, 6.07) is 0. The molecule has 0 N–H and O–H groups in total. The van der Waals surface area contributed by atoms with Gasteiger partial charge in [-0.25, -0.2) is 8.78 Å². The molecule has 3 nitrogen and oxygen atoms in total. The number of hydrogen-bond donors (Lipinski definition) is 0. The van der Waals surface area contributed by atoms with Gasteiger partial charge in [0.15, 0.2) is 0 Å². The summed E-state index contributed by atoms with van der Waals surface area (Å²) in [5, 5.41) is 0. The van der Waals surface area contributed by atoms with Gasteiger partial charge in [-0.15, -0.1) is 0 Å². The van der Waals surface area contributed by atoms with Crippen LogP contribution in [0.3, 0.4) is 0 Å². The number of ether oxygens (including phenoxy) is 1. The van der Waals surface area contributed by atoms with E-state index < -0.39 is 107 Å². The molecule has 0 fully saturated rings. The summed E-state index contributed by atoms with van der Waals surface area (Å²) in [7, 11) is 0. The van der Waals surface area contributed by atoms with Gasteiger partial charge in [-0.05, 0) is 0 Å². The highest BCUT2D eigenvalue weighted by Gasteiger charge is 2.90. The third-order valence-electron chi connectivity index (χ3n) is 5.46. The molecular formula is C18F30O3. The van der Waals surface area contributed by atoms with Crippen molar-refractivity contribution in [3.8, 4) is 0 Å². The van der Waals surface area contributed by atoms with Crippen molar-refractivity contribution >= 4 is 11.6 Å². The number of hydrogen-bond acceptors (Lipinski definition) is 3. The quantitative estimate of drug-likeness (QED) is 0.145. The van der Waals surface area contributed by atoms with Crippen molar-refractivity contribution in [3.05, 3.63) is 23.7 Å². The van der Waals surface area contributed by atoms with Crippen LogP contribution < -0.4 is 0 Å². The average molecular weight is 834 g/mol. The van der Waals surface area contributed by atoms with E-state index in [2.05, 4.69) is 0 Å². The Morgan fingerprint density at radius 1 is 0.314 bits per heavy atom. The third kappa shape index (κ3) is 6.79. The second-order valence-electron chi connectivity index (χ2n) is 8.69. The van der Waals surface area contributed by atoms with Crippen molar-refractivity contribution in [2.45, 2.75) is 71.6 Å². The lowest BCUT2D eigenvalue weighted by atomic mass is 9.84. The molecule has 0 aliphatic carbocycles. The molecule has 0 rings (SSSR count). The molecule has 0 aliphatic rings. The molecule has 0 spiro atoms. The zero-order valence-electron chi connectivity index (χ0n) is 21.6. The monoisotopic (exact) mass is 834 g/mol. The first-order valence-electron chi connectivity index (χ1n) is 10.5. The van der Waals surface area contributed by atoms with Gasteiger partial charge in [0, 0.05) is 0 Å². The van der Waals surface area contributed by atoms with E-state index in [0.29, 0.717) is 0 Å². The number of allylic oxidation sites excluding steroid dienone is 2. The van der Waals surface area contributed by atoms with Crippen molar-refractivity contribution in [1.82, 2.24) is 0 Å². The van der Waals surface area contributed by atoms with Gasteiger partial charge < -0.3 is 4.74 Å². The fourth-order valence-corrected chi connectivity index (χ4v) is 2.83. The molecule has 0 saturated heterocycles. The van der Waals surface area contributed by atoms with E-state index in [1.807, 2.05) is 0 Å². The van der Waals surface area contributed by atoms with Crippen LogP contribution in [0, 0.1) is 0 Å². The van der Waals surface area contributed by atoms with Crippen LogP contribution in [0.5, 0.6) is 0 Å². The van der Waals surface area contributed by atoms with E-state index in [0.717, 1.165) is 0 Å². The van der Waals surface area contributed by atoms with Crippen LogP contribution >= 0.6 is 0 Å². The van der Waals surface area contributed by atoms with Gasteiger partial charge in [-0.2, -0.15) is 123 Å². The Hall–Kier alpha value is -3.48. The molecule has 0 aromatic heterocycles. The SMILES string of the molecule is O=C(C(F)(F)C(F)(F)C(F)(F)F)C(F)(C(F)(F)F)C(F)(F)C(OC(=C(F)F)C(F)(F)C(F)(C(=O)C(F)(F)C(F)(F)C(F)(F)F)C(F)(F)F)=C(F)F. The molecule has 2 atom stereocenters. The Bertz CT molecular complexity index is 1300. The molecule has 0 amide bonds. The molecule has 0 bridgehead atoms. The largest absolute Gasteiger partial charge is 0.460 e. The normalized spacial score (nSPS) is 17.3. The Labute approximate surface area is 254 Å². The first-order valence-corrected chi connectivity index (χ1v) is 10.5. The van der Waals surface area contributed by atoms with Crippen molar-refractivity contribution in [3.63, 3.8) is 0 Å². The molecule has 0 heterocycles. The lowest BCUT2D eigenvalue weighted by Crippen LogP contribution is -2.71. The minimum Gasteiger partial charge on any atom is -0.442 e. The predicted molar refractivity (Wildman–Crippen MR) is 91.2 cm³/mol. The van der Waals surface area contributed by atoms with Gasteiger partial charge in [-0.3, -0.25) is 9.59 Å². The molecule has 51 heavy (non-hydrogen) atoms. The number of carbonyl (C=O) groups is 2. The van der Waals surface area contributed by atoms with E-state index in [1.54, 1.807) is 4.74 Å². The lowest BCUT2D eigenvalue weighted by Gasteiger charge is -2.39. The number of ketones is 2. The summed E-state index contributed by atoms with van der Waals surface area (Å²) >= 11 is 0. The maximum atomic E-state index is 14.6. The fourth-order valence-electron chi connectivity index (χ4n) is 2.83. The van der Waals surface area contributed by atoms with Crippen LogP contribution in [0.1, 0.15) is 0 Å². The van der Waals surface area contributed by atoms with E-state index in [-0.39, 0.29) is 0 Å². The first kappa shape index (κ1) is 47.5. The van der Waals surface area contributed by atoms with Crippen molar-refractivity contribution < 1.29 is 146 Å². The highest BCUT2D eigenvalue weighted by Crippen LogP contribution is 2.60. The van der Waals surface area contributed by atoms with Crippen LogP contribution in [0.2, 0.25) is 0 Å². The summed E-state index contributed by atoms with van der Waals surface area (Å²) in [5.74, 6) is -76.6. The van der Waals surface area contributed by atoms with Gasteiger partial charge in [-0.1, -0.05) is 0 Å². The molecule has 33 heteroatoms.